The summed E-state index contributed by atoms with van der Waals surface area (Å²) in [6, 6.07) is 6.01. The molecular formula is C17H17FN2O3S. The van der Waals surface area contributed by atoms with E-state index in [0.717, 1.165) is 5.56 Å². The van der Waals surface area contributed by atoms with Gasteiger partial charge in [0.25, 0.3) is 5.91 Å². The third kappa shape index (κ3) is 3.31. The lowest BCUT2D eigenvalue weighted by Gasteiger charge is -2.29. The molecule has 0 spiro atoms. The molecule has 5 nitrogen and oxygen atoms in total. The second kappa shape index (κ2) is 6.68. The van der Waals surface area contributed by atoms with Crippen LogP contribution in [0.1, 0.15) is 28.2 Å². The first-order valence-electron chi connectivity index (χ1n) is 7.71. The largest absolute Gasteiger partial charge is 0.481 e. The van der Waals surface area contributed by atoms with Crippen LogP contribution in [0.2, 0.25) is 0 Å². The zero-order chi connectivity index (χ0) is 17.3. The number of aliphatic carboxylic acids is 1. The average Bonchev–Trinajstić information content (AvgIpc) is 2.96. The van der Waals surface area contributed by atoms with E-state index >= 15 is 0 Å². The van der Waals surface area contributed by atoms with Crippen LogP contribution in [0.5, 0.6) is 0 Å². The van der Waals surface area contributed by atoms with Crippen molar-refractivity contribution in [2.75, 3.05) is 13.1 Å². The summed E-state index contributed by atoms with van der Waals surface area (Å²) in [5.41, 5.74) is 1.41. The first-order valence-corrected chi connectivity index (χ1v) is 8.53. The number of halogens is 1. The average molecular weight is 348 g/mol. The number of aromatic nitrogens is 1. The summed E-state index contributed by atoms with van der Waals surface area (Å²) >= 11 is 1.29. The minimum Gasteiger partial charge on any atom is -0.481 e. The van der Waals surface area contributed by atoms with Crippen molar-refractivity contribution in [3.63, 3.8) is 0 Å². The fourth-order valence-corrected chi connectivity index (χ4v) is 3.82. The summed E-state index contributed by atoms with van der Waals surface area (Å²) < 4.78 is 13.0. The molecule has 24 heavy (non-hydrogen) atoms. The molecule has 1 aromatic carbocycles. The molecule has 1 N–H and O–H groups in total. The van der Waals surface area contributed by atoms with Crippen LogP contribution in [-0.2, 0) is 4.79 Å². The maximum atomic E-state index is 13.0. The van der Waals surface area contributed by atoms with E-state index < -0.39 is 5.97 Å². The fourth-order valence-electron chi connectivity index (χ4n) is 2.78. The van der Waals surface area contributed by atoms with Crippen molar-refractivity contribution in [2.45, 2.75) is 19.8 Å². The Hall–Kier alpha value is -2.28. The molecule has 0 saturated carbocycles. The van der Waals surface area contributed by atoms with Gasteiger partial charge in [-0.25, -0.2) is 9.37 Å². The number of aryl methyl sites for hydroxylation is 1. The molecule has 0 atom stereocenters. The van der Waals surface area contributed by atoms with Gasteiger partial charge in [0.15, 0.2) is 0 Å². The number of carbonyl (C=O) groups excluding carboxylic acids is 1. The first kappa shape index (κ1) is 16.6. The van der Waals surface area contributed by atoms with Gasteiger partial charge in [-0.05, 0) is 44.0 Å². The van der Waals surface area contributed by atoms with Crippen LogP contribution in [0.4, 0.5) is 4.39 Å². The van der Waals surface area contributed by atoms with E-state index in [1.54, 1.807) is 24.0 Å². The van der Waals surface area contributed by atoms with Crippen molar-refractivity contribution < 1.29 is 19.1 Å². The smallest absolute Gasteiger partial charge is 0.306 e. The zero-order valence-corrected chi connectivity index (χ0v) is 14.0. The predicted octanol–water partition coefficient (Wildman–Crippen LogP) is 3.19. The van der Waals surface area contributed by atoms with Gasteiger partial charge in [-0.1, -0.05) is 0 Å². The zero-order valence-electron chi connectivity index (χ0n) is 13.2. The van der Waals surface area contributed by atoms with Crippen molar-refractivity contribution >= 4 is 23.2 Å². The number of nitrogens with zero attached hydrogens (tertiary/aromatic N) is 2. The Bertz CT molecular complexity index is 765. The molecule has 1 fully saturated rings. The molecule has 1 saturated heterocycles. The van der Waals surface area contributed by atoms with E-state index in [2.05, 4.69) is 4.98 Å². The molecule has 1 aliphatic heterocycles. The van der Waals surface area contributed by atoms with Crippen LogP contribution in [0.3, 0.4) is 0 Å². The van der Waals surface area contributed by atoms with Gasteiger partial charge in [0.05, 0.1) is 11.6 Å². The molecule has 2 heterocycles. The second-order valence-electron chi connectivity index (χ2n) is 5.85. The molecule has 0 bridgehead atoms. The summed E-state index contributed by atoms with van der Waals surface area (Å²) in [5, 5.41) is 9.71. The summed E-state index contributed by atoms with van der Waals surface area (Å²) in [4.78, 5) is 30.4. The third-order valence-electron chi connectivity index (χ3n) is 4.21. The third-order valence-corrected chi connectivity index (χ3v) is 5.41. The normalized spacial score (nSPS) is 15.5. The Morgan fingerprint density at radius 3 is 2.46 bits per heavy atom. The van der Waals surface area contributed by atoms with Gasteiger partial charge >= 0.3 is 5.97 Å². The number of hydrogen-bond donors (Lipinski definition) is 1. The molecule has 1 aliphatic rings. The number of piperidine rings is 1. The quantitative estimate of drug-likeness (QED) is 0.925. The molecule has 0 unspecified atom stereocenters. The number of benzene rings is 1. The maximum Gasteiger partial charge on any atom is 0.306 e. The van der Waals surface area contributed by atoms with Gasteiger partial charge in [0.2, 0.25) is 0 Å². The number of carboxylic acids is 1. The topological polar surface area (TPSA) is 70.5 Å². The van der Waals surface area contributed by atoms with Gasteiger partial charge in [-0.15, -0.1) is 11.3 Å². The van der Waals surface area contributed by atoms with Crippen LogP contribution in [0.15, 0.2) is 24.3 Å². The number of hydrogen-bond acceptors (Lipinski definition) is 4. The Labute approximate surface area is 142 Å². The Kier molecular flexibility index (Phi) is 4.62. The lowest BCUT2D eigenvalue weighted by atomic mass is 9.97. The Morgan fingerprint density at radius 2 is 1.88 bits per heavy atom. The fraction of sp³-hybridized carbons (Fsp3) is 0.353. The number of rotatable bonds is 3. The SMILES string of the molecule is Cc1nc(-c2ccc(F)cc2)sc1C(=O)N1CCC(C(=O)O)CC1. The summed E-state index contributed by atoms with van der Waals surface area (Å²) in [7, 11) is 0. The Balaban J connectivity index is 1.76. The van der Waals surface area contributed by atoms with E-state index in [9.17, 15) is 14.0 Å². The monoisotopic (exact) mass is 348 g/mol. The van der Waals surface area contributed by atoms with Crippen molar-refractivity contribution in [3.8, 4) is 10.6 Å². The summed E-state index contributed by atoms with van der Waals surface area (Å²) in [6.07, 6.45) is 0.952. The standard InChI is InChI=1S/C17H17FN2O3S/c1-10-14(16(21)20-8-6-12(7-9-20)17(22)23)24-15(19-10)11-2-4-13(18)5-3-11/h2-5,12H,6-9H2,1H3,(H,22,23). The van der Waals surface area contributed by atoms with E-state index in [1.807, 2.05) is 0 Å². The van der Waals surface area contributed by atoms with E-state index in [1.165, 1.54) is 23.5 Å². The van der Waals surface area contributed by atoms with Crippen LogP contribution < -0.4 is 0 Å². The lowest BCUT2D eigenvalue weighted by molar-refractivity contribution is -0.143. The number of carbonyl (C=O) groups is 2. The number of likely N-dealkylation sites (tertiary alicyclic amines) is 1. The number of amides is 1. The molecule has 1 aromatic heterocycles. The highest BCUT2D eigenvalue weighted by Gasteiger charge is 2.29. The maximum absolute atomic E-state index is 13.0. The van der Waals surface area contributed by atoms with Crippen molar-refractivity contribution in [3.05, 3.63) is 40.7 Å². The van der Waals surface area contributed by atoms with Crippen LogP contribution in [0.25, 0.3) is 10.6 Å². The van der Waals surface area contributed by atoms with Crippen LogP contribution in [-0.4, -0.2) is 40.0 Å². The highest BCUT2D eigenvalue weighted by Crippen LogP contribution is 2.30. The predicted molar refractivity (Wildman–Crippen MR) is 88.5 cm³/mol. The van der Waals surface area contributed by atoms with Crippen molar-refractivity contribution in [1.82, 2.24) is 9.88 Å². The van der Waals surface area contributed by atoms with Gasteiger partial charge in [-0.3, -0.25) is 9.59 Å². The minimum atomic E-state index is -0.797. The van der Waals surface area contributed by atoms with Crippen LogP contribution in [0, 0.1) is 18.7 Å². The van der Waals surface area contributed by atoms with Gasteiger partial charge in [0.1, 0.15) is 15.7 Å². The van der Waals surface area contributed by atoms with Gasteiger partial charge in [0, 0.05) is 18.7 Å². The van der Waals surface area contributed by atoms with Crippen molar-refractivity contribution in [1.29, 1.82) is 0 Å². The molecule has 1 amide bonds. The highest BCUT2D eigenvalue weighted by atomic mass is 32.1. The second-order valence-corrected chi connectivity index (χ2v) is 6.84. The molecule has 126 valence electrons. The summed E-state index contributed by atoms with van der Waals surface area (Å²) in [6.45, 7) is 2.67. The highest BCUT2D eigenvalue weighted by molar-refractivity contribution is 7.17. The molecule has 7 heteroatoms. The lowest BCUT2D eigenvalue weighted by Crippen LogP contribution is -2.40. The van der Waals surface area contributed by atoms with Gasteiger partial charge in [-0.2, -0.15) is 0 Å². The van der Waals surface area contributed by atoms with Crippen molar-refractivity contribution in [2.24, 2.45) is 5.92 Å². The minimum absolute atomic E-state index is 0.109. The van der Waals surface area contributed by atoms with E-state index in [-0.39, 0.29) is 17.6 Å². The number of carboxylic acid groups (broad SMARTS) is 1. The van der Waals surface area contributed by atoms with E-state index in [0.29, 0.717) is 41.5 Å². The molecule has 2 aromatic rings. The molecule has 0 radical (unpaired) electrons. The molecular weight excluding hydrogens is 331 g/mol. The van der Waals surface area contributed by atoms with Gasteiger partial charge < -0.3 is 10.0 Å². The summed E-state index contributed by atoms with van der Waals surface area (Å²) in [5.74, 6) is -1.59. The first-order chi connectivity index (χ1) is 11.5. The molecule has 0 aliphatic carbocycles. The number of thiazole rings is 1. The van der Waals surface area contributed by atoms with E-state index in [4.69, 9.17) is 5.11 Å². The van der Waals surface area contributed by atoms with Crippen LogP contribution >= 0.6 is 11.3 Å². The molecule has 3 rings (SSSR count). The Morgan fingerprint density at radius 1 is 1.25 bits per heavy atom.